The van der Waals surface area contributed by atoms with Crippen LogP contribution in [0.5, 0.6) is 0 Å². The molecule has 0 aromatic heterocycles. The molecule has 0 radical (unpaired) electrons. The Morgan fingerprint density at radius 2 is 1.85 bits per heavy atom. The Balaban J connectivity index is 0.00000625. The summed E-state index contributed by atoms with van der Waals surface area (Å²) in [5.74, 6) is 2.07. The maximum absolute atomic E-state index is 11.7. The maximum Gasteiger partial charge on any atom is 0.226 e. The molecular weight excluding hydrogens is 459 g/mol. The molecule has 26 heavy (non-hydrogen) atoms. The van der Waals surface area contributed by atoms with Crippen LogP contribution in [0.2, 0.25) is 0 Å². The van der Waals surface area contributed by atoms with Gasteiger partial charge in [0.15, 0.2) is 5.96 Å². The highest BCUT2D eigenvalue weighted by Crippen LogP contribution is 2.11. The van der Waals surface area contributed by atoms with Crippen molar-refractivity contribution in [1.82, 2.24) is 10.6 Å². The van der Waals surface area contributed by atoms with Crippen molar-refractivity contribution in [3.05, 3.63) is 29.8 Å². The van der Waals surface area contributed by atoms with Gasteiger partial charge in [0.25, 0.3) is 0 Å². The smallest absolute Gasteiger partial charge is 0.226 e. The van der Waals surface area contributed by atoms with Crippen LogP contribution in [-0.4, -0.2) is 37.0 Å². The van der Waals surface area contributed by atoms with Crippen LogP contribution in [0.15, 0.2) is 29.3 Å². The minimum absolute atomic E-state index is 0. The van der Waals surface area contributed by atoms with Crippen LogP contribution < -0.4 is 16.0 Å². The quantitative estimate of drug-likeness (QED) is 0.199. The van der Waals surface area contributed by atoms with E-state index in [0.717, 1.165) is 36.7 Å². The second-order valence-corrected chi connectivity index (χ2v) is 7.15. The van der Waals surface area contributed by atoms with Gasteiger partial charge in [-0.2, -0.15) is 11.8 Å². The van der Waals surface area contributed by atoms with Gasteiger partial charge in [-0.1, -0.05) is 26.0 Å². The van der Waals surface area contributed by atoms with Crippen LogP contribution in [0.3, 0.4) is 0 Å². The summed E-state index contributed by atoms with van der Waals surface area (Å²) < 4.78 is 0. The molecule has 3 N–H and O–H groups in total. The molecule has 0 saturated carbocycles. The third-order valence-electron chi connectivity index (χ3n) is 3.58. The summed E-state index contributed by atoms with van der Waals surface area (Å²) in [5.41, 5.74) is 1.94. The summed E-state index contributed by atoms with van der Waals surface area (Å²) in [6, 6.07) is 7.85. The number of nitrogens with zero attached hydrogens (tertiary/aromatic N) is 1. The first-order chi connectivity index (χ1) is 12.1. The van der Waals surface area contributed by atoms with Gasteiger partial charge in [0.05, 0.1) is 6.54 Å². The highest BCUT2D eigenvalue weighted by atomic mass is 127. The van der Waals surface area contributed by atoms with Crippen molar-refractivity contribution in [1.29, 1.82) is 0 Å². The van der Waals surface area contributed by atoms with Gasteiger partial charge >= 0.3 is 0 Å². The summed E-state index contributed by atoms with van der Waals surface area (Å²) in [4.78, 5) is 16.3. The molecule has 0 atom stereocenters. The zero-order chi connectivity index (χ0) is 18.5. The minimum Gasteiger partial charge on any atom is -0.357 e. The predicted octanol–water partition coefficient (Wildman–Crippen LogP) is 4.10. The molecule has 0 spiro atoms. The summed E-state index contributed by atoms with van der Waals surface area (Å²) in [6.07, 6.45) is 4.51. The fourth-order valence-corrected chi connectivity index (χ4v) is 2.56. The number of thioether (sulfide) groups is 1. The molecule has 1 aromatic carbocycles. The summed E-state index contributed by atoms with van der Waals surface area (Å²) >= 11 is 1.88. The molecular formula is C19H33IN4OS. The Morgan fingerprint density at radius 3 is 2.42 bits per heavy atom. The number of carbonyl (C=O) groups is 1. The fraction of sp³-hybridized carbons (Fsp3) is 0.579. The van der Waals surface area contributed by atoms with Crippen LogP contribution in [0.25, 0.3) is 0 Å². The van der Waals surface area contributed by atoms with Gasteiger partial charge in [0, 0.05) is 24.7 Å². The van der Waals surface area contributed by atoms with Crippen LogP contribution in [-0.2, 0) is 11.3 Å². The average Bonchev–Trinajstić information content (AvgIpc) is 2.60. The summed E-state index contributed by atoms with van der Waals surface area (Å²) in [7, 11) is 0. The number of nitrogens with one attached hydrogen (secondary N) is 3. The van der Waals surface area contributed by atoms with Crippen molar-refractivity contribution in [2.24, 2.45) is 10.9 Å². The molecule has 1 rings (SSSR count). The fourth-order valence-electron chi connectivity index (χ4n) is 2.07. The Labute approximate surface area is 179 Å². The number of anilines is 1. The zero-order valence-corrected chi connectivity index (χ0v) is 19.4. The molecule has 7 heteroatoms. The number of aliphatic imine (C=N–C) groups is 1. The van der Waals surface area contributed by atoms with Crippen LogP contribution in [0.1, 0.15) is 39.2 Å². The maximum atomic E-state index is 11.7. The first-order valence-electron chi connectivity index (χ1n) is 8.97. The topological polar surface area (TPSA) is 65.5 Å². The lowest BCUT2D eigenvalue weighted by molar-refractivity contribution is -0.118. The lowest BCUT2D eigenvalue weighted by Gasteiger charge is -2.11. The SMILES string of the molecule is CCNC(=NCc1ccc(NC(=O)C(C)C)cc1)NCCCCSC.I. The molecule has 0 aliphatic heterocycles. The van der Waals surface area contributed by atoms with Gasteiger partial charge in [0.1, 0.15) is 0 Å². The third-order valence-corrected chi connectivity index (χ3v) is 4.27. The molecule has 148 valence electrons. The van der Waals surface area contributed by atoms with Crippen LogP contribution in [0, 0.1) is 5.92 Å². The Bertz CT molecular complexity index is 535. The lowest BCUT2D eigenvalue weighted by Crippen LogP contribution is -2.37. The van der Waals surface area contributed by atoms with Gasteiger partial charge in [-0.15, -0.1) is 24.0 Å². The number of hydrogen-bond donors (Lipinski definition) is 3. The number of rotatable bonds is 10. The van der Waals surface area contributed by atoms with E-state index in [1.165, 1.54) is 12.2 Å². The standard InChI is InChI=1S/C19H32N4OS.HI/c1-5-20-19(21-12-6-7-13-25-4)22-14-16-8-10-17(11-9-16)23-18(24)15(2)3;/h8-11,15H,5-7,12-14H2,1-4H3,(H,23,24)(H2,20,21,22);1H. The van der Waals surface area contributed by atoms with Crippen molar-refractivity contribution in [2.45, 2.75) is 40.2 Å². The van der Waals surface area contributed by atoms with E-state index in [4.69, 9.17) is 0 Å². The van der Waals surface area contributed by atoms with E-state index < -0.39 is 0 Å². The van der Waals surface area contributed by atoms with Crippen LogP contribution >= 0.6 is 35.7 Å². The van der Waals surface area contributed by atoms with Crippen LogP contribution in [0.4, 0.5) is 5.69 Å². The molecule has 1 amide bonds. The van der Waals surface area contributed by atoms with Gasteiger partial charge in [0.2, 0.25) is 5.91 Å². The van der Waals surface area contributed by atoms with Gasteiger partial charge in [-0.05, 0) is 49.5 Å². The predicted molar refractivity (Wildman–Crippen MR) is 126 cm³/mol. The van der Waals surface area contributed by atoms with E-state index >= 15 is 0 Å². The van der Waals surface area contributed by atoms with E-state index in [1.54, 1.807) is 0 Å². The van der Waals surface area contributed by atoms with Gasteiger partial charge in [-0.25, -0.2) is 4.99 Å². The summed E-state index contributed by atoms with van der Waals surface area (Å²) in [5, 5.41) is 9.54. The highest BCUT2D eigenvalue weighted by Gasteiger charge is 2.06. The second-order valence-electron chi connectivity index (χ2n) is 6.16. The monoisotopic (exact) mass is 492 g/mol. The second kappa shape index (κ2) is 15.1. The molecule has 0 unspecified atom stereocenters. The number of unbranched alkanes of at least 4 members (excludes halogenated alkanes) is 1. The van der Waals surface area contributed by atoms with Crippen molar-refractivity contribution in [3.63, 3.8) is 0 Å². The number of hydrogen-bond acceptors (Lipinski definition) is 3. The van der Waals surface area contributed by atoms with Gasteiger partial charge < -0.3 is 16.0 Å². The van der Waals surface area contributed by atoms with Crippen molar-refractivity contribution in [3.8, 4) is 0 Å². The van der Waals surface area contributed by atoms with Gasteiger partial charge in [-0.3, -0.25) is 4.79 Å². The molecule has 0 saturated heterocycles. The van der Waals surface area contributed by atoms with E-state index in [9.17, 15) is 4.79 Å². The average molecular weight is 492 g/mol. The van der Waals surface area contributed by atoms with E-state index in [1.807, 2.05) is 49.9 Å². The molecule has 0 bridgehead atoms. The first-order valence-corrected chi connectivity index (χ1v) is 10.4. The van der Waals surface area contributed by atoms with Crippen molar-refractivity contribution in [2.75, 3.05) is 30.4 Å². The van der Waals surface area contributed by atoms with Crippen molar-refractivity contribution >= 4 is 53.3 Å². The lowest BCUT2D eigenvalue weighted by atomic mass is 10.2. The van der Waals surface area contributed by atoms with E-state index in [-0.39, 0.29) is 35.8 Å². The Hall–Kier alpha value is -0.960. The molecule has 5 nitrogen and oxygen atoms in total. The molecule has 1 aromatic rings. The third kappa shape index (κ3) is 10.9. The highest BCUT2D eigenvalue weighted by molar-refractivity contribution is 14.0. The molecule has 0 fully saturated rings. The molecule has 0 aliphatic rings. The van der Waals surface area contributed by atoms with Crippen molar-refractivity contribution < 1.29 is 4.79 Å². The zero-order valence-electron chi connectivity index (χ0n) is 16.3. The minimum atomic E-state index is -0.0195. The normalized spacial score (nSPS) is 11.0. The number of amides is 1. The Kier molecular flexibility index (Phi) is 14.6. The molecule has 0 aliphatic carbocycles. The summed E-state index contributed by atoms with van der Waals surface area (Å²) in [6.45, 7) is 8.22. The largest absolute Gasteiger partial charge is 0.357 e. The Morgan fingerprint density at radius 1 is 1.15 bits per heavy atom. The van der Waals surface area contributed by atoms with E-state index in [2.05, 4.69) is 34.1 Å². The van der Waals surface area contributed by atoms with E-state index in [0.29, 0.717) is 6.54 Å². The molecule has 0 heterocycles. The number of carbonyl (C=O) groups excluding carboxylic acids is 1. The number of benzene rings is 1. The first kappa shape index (κ1) is 25.0. The number of halogens is 1. The number of guanidine groups is 1.